The van der Waals surface area contributed by atoms with Crippen molar-refractivity contribution >= 4 is 0 Å². The van der Waals surface area contributed by atoms with Crippen LogP contribution in [0.15, 0.2) is 54.2 Å². The monoisotopic (exact) mass is 358 g/mol. The molecule has 1 saturated heterocycles. The lowest BCUT2D eigenvalue weighted by molar-refractivity contribution is -0.229. The molecule has 0 spiro atoms. The van der Waals surface area contributed by atoms with E-state index in [2.05, 4.69) is 6.92 Å². The zero-order valence-electron chi connectivity index (χ0n) is 16.2. The summed E-state index contributed by atoms with van der Waals surface area (Å²) in [5.74, 6) is -0.567. The van der Waals surface area contributed by atoms with E-state index in [1.165, 1.54) is 0 Å². The maximum atomic E-state index is 10.3. The molecule has 4 nitrogen and oxygen atoms in total. The molecule has 1 aromatic rings. The second-order valence-electron chi connectivity index (χ2n) is 6.52. The van der Waals surface area contributed by atoms with Crippen LogP contribution in [0.25, 0.3) is 0 Å². The Balaban J connectivity index is 2.21. The summed E-state index contributed by atoms with van der Waals surface area (Å²) >= 11 is 0. The first kappa shape index (κ1) is 20.4. The van der Waals surface area contributed by atoms with Crippen LogP contribution in [0.3, 0.4) is 0 Å². The van der Waals surface area contributed by atoms with Crippen LogP contribution in [0.1, 0.15) is 38.3 Å². The lowest BCUT2D eigenvalue weighted by atomic mass is 10.0. The average Bonchev–Trinajstić information content (AvgIpc) is 2.95. The molecule has 1 aliphatic heterocycles. The number of aromatic hydroxyl groups is 1. The summed E-state index contributed by atoms with van der Waals surface area (Å²) in [7, 11) is 1.62. The lowest BCUT2D eigenvalue weighted by Crippen LogP contribution is -2.40. The number of benzene rings is 1. The van der Waals surface area contributed by atoms with Crippen molar-refractivity contribution in [1.82, 2.24) is 0 Å². The first-order valence-electron chi connectivity index (χ1n) is 9.14. The van der Waals surface area contributed by atoms with Crippen molar-refractivity contribution in [2.75, 3.05) is 13.7 Å². The van der Waals surface area contributed by atoms with Gasteiger partial charge in [0.1, 0.15) is 11.9 Å². The highest BCUT2D eigenvalue weighted by Crippen LogP contribution is 2.35. The molecule has 1 heterocycles. The van der Waals surface area contributed by atoms with Gasteiger partial charge in [-0.05, 0) is 37.5 Å². The van der Waals surface area contributed by atoms with Crippen molar-refractivity contribution in [1.29, 1.82) is 0 Å². The van der Waals surface area contributed by atoms with Gasteiger partial charge in [-0.3, -0.25) is 0 Å². The van der Waals surface area contributed by atoms with Gasteiger partial charge in [-0.1, -0.05) is 55.9 Å². The normalized spacial score (nSPS) is 25.1. The van der Waals surface area contributed by atoms with Crippen LogP contribution in [-0.2, 0) is 27.2 Å². The number of phenolic OH excluding ortho intramolecular Hbond substituents is 1. The fourth-order valence-electron chi connectivity index (χ4n) is 3.09. The minimum absolute atomic E-state index is 0.271. The number of hydrogen-bond acceptors (Lipinski definition) is 4. The third-order valence-electron chi connectivity index (χ3n) is 4.63. The van der Waals surface area contributed by atoms with Gasteiger partial charge in [0.05, 0.1) is 13.2 Å². The molecule has 0 saturated carbocycles. The standard InChI is InChI=1S/C22H30O4/c1-5-7-8-9-12-18-15-26-22(3,24-4)21(18)25-16-19-17(11-6-2)13-10-14-20(19)23/h5,7-10,12-14,21,23H,6,11,15-16H2,1-4H3. The Hall–Kier alpha value is -1.88. The molecule has 1 N–H and O–H groups in total. The highest BCUT2D eigenvalue weighted by molar-refractivity contribution is 5.39. The van der Waals surface area contributed by atoms with Crippen molar-refractivity contribution in [3.63, 3.8) is 0 Å². The molecule has 0 aromatic heterocycles. The van der Waals surface area contributed by atoms with Gasteiger partial charge in [-0.25, -0.2) is 0 Å². The molecule has 2 atom stereocenters. The zero-order chi connectivity index (χ0) is 19.0. The average molecular weight is 358 g/mol. The number of hydrogen-bond donors (Lipinski definition) is 1. The lowest BCUT2D eigenvalue weighted by Gasteiger charge is -2.29. The maximum Gasteiger partial charge on any atom is 0.195 e. The number of phenols is 1. The quantitative estimate of drug-likeness (QED) is 0.686. The minimum Gasteiger partial charge on any atom is -0.508 e. The molecule has 4 heteroatoms. The van der Waals surface area contributed by atoms with Crippen LogP contribution in [-0.4, -0.2) is 30.7 Å². The number of aryl methyl sites for hydroxylation is 1. The zero-order valence-corrected chi connectivity index (χ0v) is 16.2. The molecule has 1 fully saturated rings. The highest BCUT2D eigenvalue weighted by Gasteiger charge is 2.44. The Morgan fingerprint density at radius 1 is 1.31 bits per heavy atom. The predicted octanol–water partition coefficient (Wildman–Crippen LogP) is 4.68. The van der Waals surface area contributed by atoms with Gasteiger partial charge in [-0.15, -0.1) is 0 Å². The number of ether oxygens (including phenoxy) is 3. The molecule has 2 rings (SSSR count). The van der Waals surface area contributed by atoms with Crippen molar-refractivity contribution < 1.29 is 19.3 Å². The summed E-state index contributed by atoms with van der Waals surface area (Å²) in [5, 5.41) is 10.3. The molecule has 1 aliphatic rings. The van der Waals surface area contributed by atoms with Crippen LogP contribution >= 0.6 is 0 Å². The Labute approximate surface area is 156 Å². The van der Waals surface area contributed by atoms with Gasteiger partial charge in [0.2, 0.25) is 0 Å². The summed E-state index contributed by atoms with van der Waals surface area (Å²) in [5.41, 5.74) is 2.97. The Morgan fingerprint density at radius 3 is 2.81 bits per heavy atom. The topological polar surface area (TPSA) is 47.9 Å². The van der Waals surface area contributed by atoms with E-state index in [1.54, 1.807) is 13.2 Å². The Morgan fingerprint density at radius 2 is 2.12 bits per heavy atom. The molecule has 0 radical (unpaired) electrons. The highest BCUT2D eigenvalue weighted by atomic mass is 16.7. The van der Waals surface area contributed by atoms with Gasteiger partial charge in [0, 0.05) is 12.7 Å². The van der Waals surface area contributed by atoms with Crippen LogP contribution in [0.4, 0.5) is 0 Å². The van der Waals surface area contributed by atoms with E-state index in [0.717, 1.165) is 29.5 Å². The van der Waals surface area contributed by atoms with Crippen LogP contribution in [0.2, 0.25) is 0 Å². The summed E-state index contributed by atoms with van der Waals surface area (Å²) in [4.78, 5) is 0. The Bertz CT molecular complexity index is 675. The first-order valence-corrected chi connectivity index (χ1v) is 9.14. The second-order valence-corrected chi connectivity index (χ2v) is 6.52. The number of allylic oxidation sites excluding steroid dienone is 5. The van der Waals surface area contributed by atoms with Crippen molar-refractivity contribution in [3.05, 3.63) is 65.3 Å². The van der Waals surface area contributed by atoms with Crippen LogP contribution < -0.4 is 0 Å². The summed E-state index contributed by atoms with van der Waals surface area (Å²) in [6, 6.07) is 5.62. The van der Waals surface area contributed by atoms with Gasteiger partial charge < -0.3 is 19.3 Å². The largest absolute Gasteiger partial charge is 0.508 e. The smallest absolute Gasteiger partial charge is 0.195 e. The molecule has 0 bridgehead atoms. The Kier molecular flexibility index (Phi) is 7.64. The predicted molar refractivity (Wildman–Crippen MR) is 104 cm³/mol. The summed E-state index contributed by atoms with van der Waals surface area (Å²) in [6.45, 7) is 6.75. The first-order chi connectivity index (χ1) is 12.6. The van der Waals surface area contributed by atoms with Gasteiger partial charge in [-0.2, -0.15) is 0 Å². The third kappa shape index (κ3) is 4.85. The molecular weight excluding hydrogens is 328 g/mol. The van der Waals surface area contributed by atoms with E-state index in [9.17, 15) is 5.11 Å². The van der Waals surface area contributed by atoms with Crippen LogP contribution in [0, 0.1) is 0 Å². The van der Waals surface area contributed by atoms with Gasteiger partial charge >= 0.3 is 0 Å². The molecule has 0 amide bonds. The molecular formula is C22H30O4. The van der Waals surface area contributed by atoms with Crippen molar-refractivity contribution in [2.45, 2.75) is 52.1 Å². The second kappa shape index (κ2) is 9.72. The number of methoxy groups -OCH3 is 1. The van der Waals surface area contributed by atoms with Crippen molar-refractivity contribution in [3.8, 4) is 5.75 Å². The third-order valence-corrected chi connectivity index (χ3v) is 4.63. The molecule has 0 aliphatic carbocycles. The van der Waals surface area contributed by atoms with E-state index < -0.39 is 5.79 Å². The molecule has 142 valence electrons. The van der Waals surface area contributed by atoms with Crippen molar-refractivity contribution in [2.24, 2.45) is 0 Å². The number of rotatable bonds is 8. The summed E-state index contributed by atoms with van der Waals surface area (Å²) in [6.07, 6.45) is 11.5. The minimum atomic E-state index is -0.838. The van der Waals surface area contributed by atoms with Gasteiger partial charge in [0.25, 0.3) is 0 Å². The van der Waals surface area contributed by atoms with E-state index >= 15 is 0 Å². The summed E-state index contributed by atoms with van der Waals surface area (Å²) < 4.78 is 17.6. The molecule has 26 heavy (non-hydrogen) atoms. The fraction of sp³-hybridized carbons (Fsp3) is 0.455. The fourth-order valence-corrected chi connectivity index (χ4v) is 3.09. The molecule has 1 aromatic carbocycles. The van der Waals surface area contributed by atoms with E-state index in [-0.39, 0.29) is 11.9 Å². The SMILES string of the molecule is CC=CC=CC=C1COC(C)(OC)C1OCc1c(O)cccc1CCC. The van der Waals surface area contributed by atoms with E-state index in [0.29, 0.717) is 13.2 Å². The van der Waals surface area contributed by atoms with Gasteiger partial charge in [0.15, 0.2) is 5.79 Å². The van der Waals surface area contributed by atoms with E-state index in [4.69, 9.17) is 14.2 Å². The van der Waals surface area contributed by atoms with E-state index in [1.807, 2.05) is 56.4 Å². The maximum absolute atomic E-state index is 10.3. The van der Waals surface area contributed by atoms with Crippen LogP contribution in [0.5, 0.6) is 5.75 Å². The molecule has 2 unspecified atom stereocenters.